The first kappa shape index (κ1) is 5.96. The Labute approximate surface area is 60.5 Å². The summed E-state index contributed by atoms with van der Waals surface area (Å²) in [4.78, 5) is 13.3. The summed E-state index contributed by atoms with van der Waals surface area (Å²) in [6, 6.07) is 0. The first-order chi connectivity index (χ1) is 4.79. The number of ketones is 1. The summed E-state index contributed by atoms with van der Waals surface area (Å²) >= 11 is 0. The quantitative estimate of drug-likeness (QED) is 0.536. The summed E-state index contributed by atoms with van der Waals surface area (Å²) in [6.07, 6.45) is 4.64. The third kappa shape index (κ3) is 0.516. The molecule has 1 saturated carbocycles. The van der Waals surface area contributed by atoms with Gasteiger partial charge in [0.15, 0.2) is 5.78 Å². The molecule has 1 aliphatic carbocycles. The maximum atomic E-state index is 11.2. The molecule has 2 heteroatoms. The van der Waals surface area contributed by atoms with Crippen LogP contribution in [-0.2, 0) is 4.79 Å². The summed E-state index contributed by atoms with van der Waals surface area (Å²) in [5.74, 6) is 0.424. The summed E-state index contributed by atoms with van der Waals surface area (Å²) in [7, 11) is 0. The SMILES string of the molecule is C=CN1CCC(=O)C12CC2. The van der Waals surface area contributed by atoms with Gasteiger partial charge in [-0.05, 0) is 19.0 Å². The van der Waals surface area contributed by atoms with Crippen molar-refractivity contribution in [1.29, 1.82) is 0 Å². The number of Topliss-reactive ketones (excluding diaryl/α,β-unsaturated/α-hetero) is 1. The Morgan fingerprint density at radius 3 is 2.70 bits per heavy atom. The van der Waals surface area contributed by atoms with Crippen LogP contribution < -0.4 is 0 Å². The van der Waals surface area contributed by atoms with Crippen molar-refractivity contribution in [2.75, 3.05) is 6.54 Å². The van der Waals surface area contributed by atoms with Gasteiger partial charge in [0.25, 0.3) is 0 Å². The van der Waals surface area contributed by atoms with E-state index < -0.39 is 0 Å². The van der Waals surface area contributed by atoms with Crippen molar-refractivity contribution >= 4 is 5.78 Å². The summed E-state index contributed by atoms with van der Waals surface area (Å²) in [5, 5.41) is 0. The monoisotopic (exact) mass is 137 g/mol. The lowest BCUT2D eigenvalue weighted by Gasteiger charge is -2.19. The van der Waals surface area contributed by atoms with E-state index in [1.54, 1.807) is 6.20 Å². The van der Waals surface area contributed by atoms with Crippen LogP contribution in [0.5, 0.6) is 0 Å². The number of hydrogen-bond acceptors (Lipinski definition) is 2. The lowest BCUT2D eigenvalue weighted by Crippen LogP contribution is -2.30. The number of likely N-dealkylation sites (tertiary alicyclic amines) is 1. The zero-order valence-electron chi connectivity index (χ0n) is 5.97. The highest BCUT2D eigenvalue weighted by molar-refractivity contribution is 5.93. The van der Waals surface area contributed by atoms with E-state index in [0.29, 0.717) is 5.78 Å². The molecule has 2 fully saturated rings. The molecular formula is C8H11NO. The summed E-state index contributed by atoms with van der Waals surface area (Å²) in [5.41, 5.74) is -0.0538. The number of hydrogen-bond donors (Lipinski definition) is 0. The number of carbonyl (C=O) groups excluding carboxylic acids is 1. The predicted molar refractivity (Wildman–Crippen MR) is 38.5 cm³/mol. The normalized spacial score (nSPS) is 27.6. The molecule has 0 unspecified atom stereocenters. The molecule has 0 bridgehead atoms. The van der Waals surface area contributed by atoms with Gasteiger partial charge in [-0.1, -0.05) is 6.58 Å². The maximum absolute atomic E-state index is 11.2. The van der Waals surface area contributed by atoms with Gasteiger partial charge in [0.05, 0.1) is 5.54 Å². The third-order valence-electron chi connectivity index (χ3n) is 2.59. The molecule has 0 aromatic carbocycles. The van der Waals surface area contributed by atoms with Crippen molar-refractivity contribution in [2.24, 2.45) is 0 Å². The van der Waals surface area contributed by atoms with E-state index in [2.05, 4.69) is 11.5 Å². The molecule has 1 heterocycles. The van der Waals surface area contributed by atoms with Gasteiger partial charge in [-0.15, -0.1) is 0 Å². The average Bonchev–Trinajstić information content (AvgIpc) is 2.63. The number of carbonyl (C=O) groups is 1. The molecule has 2 aliphatic rings. The lowest BCUT2D eigenvalue weighted by molar-refractivity contribution is -0.120. The molecule has 2 rings (SSSR count). The second-order valence-electron chi connectivity index (χ2n) is 3.08. The lowest BCUT2D eigenvalue weighted by atomic mass is 10.2. The van der Waals surface area contributed by atoms with Crippen molar-refractivity contribution in [3.05, 3.63) is 12.8 Å². The second kappa shape index (κ2) is 1.62. The zero-order chi connectivity index (χ0) is 7.19. The van der Waals surface area contributed by atoms with Crippen molar-refractivity contribution in [3.63, 3.8) is 0 Å². The highest BCUT2D eigenvalue weighted by atomic mass is 16.1. The molecule has 10 heavy (non-hydrogen) atoms. The number of nitrogens with zero attached hydrogens (tertiary/aromatic N) is 1. The Bertz CT molecular complexity index is 193. The smallest absolute Gasteiger partial charge is 0.160 e. The molecule has 1 spiro atoms. The molecule has 0 amide bonds. The van der Waals surface area contributed by atoms with E-state index in [-0.39, 0.29) is 5.54 Å². The van der Waals surface area contributed by atoms with Gasteiger partial charge >= 0.3 is 0 Å². The topological polar surface area (TPSA) is 20.3 Å². The minimum atomic E-state index is -0.0538. The molecule has 0 N–H and O–H groups in total. The fourth-order valence-electron chi connectivity index (χ4n) is 1.78. The van der Waals surface area contributed by atoms with Gasteiger partial charge in [0.2, 0.25) is 0 Å². The van der Waals surface area contributed by atoms with Crippen LogP contribution in [0.15, 0.2) is 12.8 Å². The first-order valence-corrected chi connectivity index (χ1v) is 3.72. The van der Waals surface area contributed by atoms with Crippen molar-refractivity contribution in [1.82, 2.24) is 4.90 Å². The van der Waals surface area contributed by atoms with Crippen LogP contribution in [0, 0.1) is 0 Å². The van der Waals surface area contributed by atoms with Crippen LogP contribution in [0.3, 0.4) is 0 Å². The molecule has 1 saturated heterocycles. The fraction of sp³-hybridized carbons (Fsp3) is 0.625. The van der Waals surface area contributed by atoms with Crippen molar-refractivity contribution in [2.45, 2.75) is 24.8 Å². The fourth-order valence-corrected chi connectivity index (χ4v) is 1.78. The Balaban J connectivity index is 2.26. The van der Waals surface area contributed by atoms with Crippen LogP contribution in [-0.4, -0.2) is 22.8 Å². The minimum absolute atomic E-state index is 0.0538. The highest BCUT2D eigenvalue weighted by Crippen LogP contribution is 2.46. The van der Waals surface area contributed by atoms with E-state index in [1.165, 1.54) is 0 Å². The Morgan fingerprint density at radius 1 is 1.60 bits per heavy atom. The van der Waals surface area contributed by atoms with Gasteiger partial charge in [-0.2, -0.15) is 0 Å². The van der Waals surface area contributed by atoms with Crippen LogP contribution in [0.1, 0.15) is 19.3 Å². The zero-order valence-corrected chi connectivity index (χ0v) is 5.97. The van der Waals surface area contributed by atoms with E-state index in [9.17, 15) is 4.79 Å². The van der Waals surface area contributed by atoms with E-state index in [0.717, 1.165) is 25.8 Å². The van der Waals surface area contributed by atoms with Gasteiger partial charge in [0, 0.05) is 13.0 Å². The van der Waals surface area contributed by atoms with Crippen LogP contribution in [0.25, 0.3) is 0 Å². The highest BCUT2D eigenvalue weighted by Gasteiger charge is 2.56. The largest absolute Gasteiger partial charge is 0.365 e. The predicted octanol–water partition coefficient (Wildman–Crippen LogP) is 0.937. The van der Waals surface area contributed by atoms with E-state index in [4.69, 9.17) is 0 Å². The molecule has 0 radical (unpaired) electrons. The van der Waals surface area contributed by atoms with Crippen molar-refractivity contribution < 1.29 is 4.79 Å². The molecular weight excluding hydrogens is 126 g/mol. The maximum Gasteiger partial charge on any atom is 0.160 e. The number of rotatable bonds is 1. The molecule has 0 aromatic heterocycles. The summed E-state index contributed by atoms with van der Waals surface area (Å²) < 4.78 is 0. The Hall–Kier alpha value is -0.790. The van der Waals surface area contributed by atoms with Crippen LogP contribution in [0.2, 0.25) is 0 Å². The first-order valence-electron chi connectivity index (χ1n) is 3.72. The molecule has 0 atom stereocenters. The molecule has 2 nitrogen and oxygen atoms in total. The van der Waals surface area contributed by atoms with Gasteiger partial charge in [0.1, 0.15) is 0 Å². The van der Waals surface area contributed by atoms with E-state index in [1.807, 2.05) is 0 Å². The van der Waals surface area contributed by atoms with Gasteiger partial charge in [-0.3, -0.25) is 4.79 Å². The van der Waals surface area contributed by atoms with Crippen molar-refractivity contribution in [3.8, 4) is 0 Å². The third-order valence-corrected chi connectivity index (χ3v) is 2.59. The van der Waals surface area contributed by atoms with Gasteiger partial charge in [-0.25, -0.2) is 0 Å². The Morgan fingerprint density at radius 2 is 2.30 bits per heavy atom. The average molecular weight is 137 g/mol. The standard InChI is InChI=1S/C8H11NO/c1-2-9-6-3-7(10)8(9)4-5-8/h2H,1,3-6H2. The van der Waals surface area contributed by atoms with Crippen LogP contribution in [0.4, 0.5) is 0 Å². The van der Waals surface area contributed by atoms with E-state index >= 15 is 0 Å². The van der Waals surface area contributed by atoms with Crippen LogP contribution >= 0.6 is 0 Å². The minimum Gasteiger partial charge on any atom is -0.365 e. The van der Waals surface area contributed by atoms with Gasteiger partial charge < -0.3 is 4.90 Å². The summed E-state index contributed by atoms with van der Waals surface area (Å²) in [6.45, 7) is 4.58. The molecule has 54 valence electrons. The second-order valence-corrected chi connectivity index (χ2v) is 3.08. The molecule has 0 aromatic rings. The molecule has 1 aliphatic heterocycles. The Kier molecular flexibility index (Phi) is 0.967.